The first kappa shape index (κ1) is 13.7. The van der Waals surface area contributed by atoms with Crippen molar-refractivity contribution in [1.29, 1.82) is 0 Å². The van der Waals surface area contributed by atoms with Crippen LogP contribution in [-0.4, -0.2) is 20.2 Å². The summed E-state index contributed by atoms with van der Waals surface area (Å²) in [6, 6.07) is 10.0. The van der Waals surface area contributed by atoms with Gasteiger partial charge in [-0.15, -0.1) is 5.10 Å². The van der Waals surface area contributed by atoms with Gasteiger partial charge in [-0.05, 0) is 63.1 Å². The highest BCUT2D eigenvalue weighted by Crippen LogP contribution is 2.29. The van der Waals surface area contributed by atoms with E-state index < -0.39 is 5.82 Å². The Morgan fingerprint density at radius 3 is 2.86 bits per heavy atom. The highest BCUT2D eigenvalue weighted by molar-refractivity contribution is 9.10. The van der Waals surface area contributed by atoms with Gasteiger partial charge in [0.1, 0.15) is 5.82 Å². The van der Waals surface area contributed by atoms with Crippen LogP contribution in [0, 0.1) is 12.7 Å². The van der Waals surface area contributed by atoms with Gasteiger partial charge in [-0.2, -0.15) is 4.68 Å². The molecular weight excluding hydrogens is 337 g/mol. The van der Waals surface area contributed by atoms with Crippen LogP contribution in [0.4, 0.5) is 10.1 Å². The lowest BCUT2D eigenvalue weighted by molar-refractivity contribution is 0.629. The lowest BCUT2D eigenvalue weighted by Crippen LogP contribution is -2.03. The molecule has 3 aromatic rings. The molecule has 2 aromatic carbocycles. The third-order valence-electron chi connectivity index (χ3n) is 3.10. The summed E-state index contributed by atoms with van der Waals surface area (Å²) < 4.78 is 16.4. The number of tetrazole rings is 1. The molecule has 1 heterocycles. The van der Waals surface area contributed by atoms with Crippen molar-refractivity contribution in [3.8, 4) is 17.1 Å². The van der Waals surface area contributed by atoms with Crippen LogP contribution in [0.3, 0.4) is 0 Å². The van der Waals surface area contributed by atoms with Gasteiger partial charge in [0.05, 0.1) is 11.3 Å². The summed E-state index contributed by atoms with van der Waals surface area (Å²) in [5.74, 6) is -0.130. The predicted molar refractivity (Wildman–Crippen MR) is 81.4 cm³/mol. The van der Waals surface area contributed by atoms with Crippen molar-refractivity contribution in [1.82, 2.24) is 20.2 Å². The molecule has 0 aliphatic rings. The Labute approximate surface area is 128 Å². The molecule has 0 atom stereocenters. The number of hydrogen-bond acceptors (Lipinski definition) is 4. The highest BCUT2D eigenvalue weighted by atomic mass is 79.9. The minimum atomic E-state index is -0.427. The molecule has 0 unspecified atom stereocenters. The molecule has 0 amide bonds. The lowest BCUT2D eigenvalue weighted by atomic mass is 10.1. The molecule has 7 heteroatoms. The van der Waals surface area contributed by atoms with E-state index in [1.54, 1.807) is 0 Å². The van der Waals surface area contributed by atoms with Gasteiger partial charge in [0.15, 0.2) is 5.82 Å². The number of rotatable bonds is 2. The minimum absolute atomic E-state index is 0.258. The quantitative estimate of drug-likeness (QED) is 0.723. The van der Waals surface area contributed by atoms with Crippen molar-refractivity contribution in [2.24, 2.45) is 0 Å². The first-order chi connectivity index (χ1) is 10.1. The Hall–Kier alpha value is -2.28. The fraction of sp³-hybridized carbons (Fsp3) is 0.0714. The third-order valence-corrected chi connectivity index (χ3v) is 4.13. The second kappa shape index (κ2) is 5.25. The van der Waals surface area contributed by atoms with E-state index in [9.17, 15) is 4.39 Å². The summed E-state index contributed by atoms with van der Waals surface area (Å²) in [5.41, 5.74) is 8.19. The average molecular weight is 348 g/mol. The number of nitrogen functional groups attached to an aromatic ring is 1. The van der Waals surface area contributed by atoms with Crippen LogP contribution in [0.5, 0.6) is 0 Å². The zero-order valence-corrected chi connectivity index (χ0v) is 12.7. The van der Waals surface area contributed by atoms with E-state index in [4.69, 9.17) is 5.73 Å². The maximum atomic E-state index is 14.0. The van der Waals surface area contributed by atoms with Crippen LogP contribution in [0.15, 0.2) is 40.9 Å². The number of aryl methyl sites for hydroxylation is 1. The summed E-state index contributed by atoms with van der Waals surface area (Å²) in [4.78, 5) is 0. The Morgan fingerprint density at radius 1 is 1.24 bits per heavy atom. The Bertz CT molecular complexity index is 798. The Kier molecular flexibility index (Phi) is 3.42. The van der Waals surface area contributed by atoms with E-state index in [1.807, 2.05) is 25.1 Å². The van der Waals surface area contributed by atoms with Crippen molar-refractivity contribution in [2.75, 3.05) is 5.73 Å². The third kappa shape index (κ3) is 2.40. The smallest absolute Gasteiger partial charge is 0.190 e. The topological polar surface area (TPSA) is 69.6 Å². The summed E-state index contributed by atoms with van der Waals surface area (Å²) >= 11 is 3.51. The summed E-state index contributed by atoms with van der Waals surface area (Å²) in [5, 5.41) is 11.5. The zero-order chi connectivity index (χ0) is 15.0. The maximum Gasteiger partial charge on any atom is 0.190 e. The maximum absolute atomic E-state index is 14.0. The molecule has 1 aromatic heterocycles. The van der Waals surface area contributed by atoms with E-state index in [-0.39, 0.29) is 5.56 Å². The Balaban J connectivity index is 2.22. The number of halogens is 2. The molecule has 3 rings (SSSR count). The lowest BCUT2D eigenvalue weighted by Gasteiger charge is -2.09. The number of nitrogens with zero attached hydrogens (tertiary/aromatic N) is 4. The number of hydrogen-bond donors (Lipinski definition) is 1. The molecule has 0 saturated carbocycles. The van der Waals surface area contributed by atoms with Gasteiger partial charge in [0, 0.05) is 10.2 Å². The molecule has 5 nitrogen and oxygen atoms in total. The standard InChI is InChI=1S/C14H11BrFN5/c1-8-3-2-4-12(13(8)15)21-14(18-19-20-21)10-7-9(17)5-6-11(10)16/h2-7H,17H2,1H3. The number of anilines is 1. The second-order valence-corrected chi connectivity index (χ2v) is 5.35. The molecule has 0 saturated heterocycles. The number of nitrogens with two attached hydrogens (primary N) is 1. The fourth-order valence-corrected chi connectivity index (χ4v) is 2.46. The van der Waals surface area contributed by atoms with Crippen LogP contribution in [-0.2, 0) is 0 Å². The molecule has 0 aliphatic carbocycles. The molecule has 21 heavy (non-hydrogen) atoms. The van der Waals surface area contributed by atoms with E-state index in [2.05, 4.69) is 31.5 Å². The van der Waals surface area contributed by atoms with Crippen molar-refractivity contribution in [3.63, 3.8) is 0 Å². The molecule has 0 radical (unpaired) electrons. The van der Waals surface area contributed by atoms with Gasteiger partial charge >= 0.3 is 0 Å². The first-order valence-electron chi connectivity index (χ1n) is 6.17. The molecule has 0 spiro atoms. The van der Waals surface area contributed by atoms with Gasteiger partial charge in [0.25, 0.3) is 0 Å². The van der Waals surface area contributed by atoms with Gasteiger partial charge < -0.3 is 5.73 Å². The van der Waals surface area contributed by atoms with Crippen LogP contribution in [0.25, 0.3) is 17.1 Å². The van der Waals surface area contributed by atoms with Gasteiger partial charge in [0.2, 0.25) is 0 Å². The van der Waals surface area contributed by atoms with Crippen LogP contribution in [0.1, 0.15) is 5.56 Å². The first-order valence-corrected chi connectivity index (χ1v) is 6.96. The van der Waals surface area contributed by atoms with Crippen LogP contribution >= 0.6 is 15.9 Å². The number of benzene rings is 2. The van der Waals surface area contributed by atoms with E-state index in [0.29, 0.717) is 11.5 Å². The SMILES string of the molecule is Cc1cccc(-n2nnnc2-c2cc(N)ccc2F)c1Br. The highest BCUT2D eigenvalue weighted by Gasteiger charge is 2.17. The Morgan fingerprint density at radius 2 is 2.05 bits per heavy atom. The van der Waals surface area contributed by atoms with Gasteiger partial charge in [-0.3, -0.25) is 0 Å². The van der Waals surface area contributed by atoms with Crippen LogP contribution < -0.4 is 5.73 Å². The normalized spacial score (nSPS) is 10.8. The van der Waals surface area contributed by atoms with E-state index in [1.165, 1.54) is 22.9 Å². The predicted octanol–water partition coefficient (Wildman–Crippen LogP) is 3.12. The largest absolute Gasteiger partial charge is 0.399 e. The zero-order valence-electron chi connectivity index (χ0n) is 11.1. The monoisotopic (exact) mass is 347 g/mol. The molecule has 106 valence electrons. The average Bonchev–Trinajstić information content (AvgIpc) is 2.93. The molecule has 0 bridgehead atoms. The second-order valence-electron chi connectivity index (χ2n) is 4.56. The number of aromatic nitrogens is 4. The summed E-state index contributed by atoms with van der Waals surface area (Å²) in [6.45, 7) is 1.96. The minimum Gasteiger partial charge on any atom is -0.399 e. The van der Waals surface area contributed by atoms with Crippen molar-refractivity contribution in [2.45, 2.75) is 6.92 Å². The van der Waals surface area contributed by atoms with E-state index >= 15 is 0 Å². The molecular formula is C14H11BrFN5. The van der Waals surface area contributed by atoms with Crippen molar-refractivity contribution < 1.29 is 4.39 Å². The van der Waals surface area contributed by atoms with Crippen molar-refractivity contribution >= 4 is 21.6 Å². The van der Waals surface area contributed by atoms with Crippen molar-refractivity contribution in [3.05, 3.63) is 52.3 Å². The van der Waals surface area contributed by atoms with Crippen LogP contribution in [0.2, 0.25) is 0 Å². The molecule has 2 N–H and O–H groups in total. The molecule has 0 fully saturated rings. The summed E-state index contributed by atoms with van der Waals surface area (Å²) in [6.07, 6.45) is 0. The molecule has 0 aliphatic heterocycles. The fourth-order valence-electron chi connectivity index (χ4n) is 2.03. The summed E-state index contributed by atoms with van der Waals surface area (Å²) in [7, 11) is 0. The van der Waals surface area contributed by atoms with E-state index in [0.717, 1.165) is 15.7 Å². The van der Waals surface area contributed by atoms with Gasteiger partial charge in [-0.1, -0.05) is 12.1 Å². The van der Waals surface area contributed by atoms with Gasteiger partial charge in [-0.25, -0.2) is 4.39 Å².